The highest BCUT2D eigenvalue weighted by Crippen LogP contribution is 2.34. The lowest BCUT2D eigenvalue weighted by Gasteiger charge is -2.25. The Morgan fingerprint density at radius 2 is 2.09 bits per heavy atom. The fourth-order valence-electron chi connectivity index (χ4n) is 3.22. The summed E-state index contributed by atoms with van der Waals surface area (Å²) in [6, 6.07) is 18.0. The summed E-state index contributed by atoms with van der Waals surface area (Å²) in [5.41, 5.74) is 2.91. The largest absolute Gasteiger partial charge is 0.497 e. The number of likely N-dealkylation sites (tertiary alicyclic amines) is 1. The number of ether oxygens (including phenoxy) is 1. The third kappa shape index (κ3) is 3.53. The van der Waals surface area contributed by atoms with Gasteiger partial charge in [0.2, 0.25) is 0 Å². The number of β-amino-alcohol motifs (C(OH)–C–C–N with tert-alkyl or cyclic N) is 1. The van der Waals surface area contributed by atoms with Crippen molar-refractivity contribution in [2.24, 2.45) is 0 Å². The number of methoxy groups -OCH3 is 1. The van der Waals surface area contributed by atoms with Gasteiger partial charge in [-0.25, -0.2) is 0 Å². The van der Waals surface area contributed by atoms with Gasteiger partial charge in [0, 0.05) is 19.1 Å². The second-order valence-electron chi connectivity index (χ2n) is 5.92. The number of nitrogens with zero attached hydrogens (tertiary/aromatic N) is 2. The average Bonchev–Trinajstić information content (AvgIpc) is 2.95. The highest BCUT2D eigenvalue weighted by molar-refractivity contribution is 5.34. The second-order valence-corrected chi connectivity index (χ2v) is 5.92. The van der Waals surface area contributed by atoms with Gasteiger partial charge in [-0.05, 0) is 41.8 Å². The van der Waals surface area contributed by atoms with E-state index in [1.54, 1.807) is 7.11 Å². The summed E-state index contributed by atoms with van der Waals surface area (Å²) in [6.45, 7) is 1.35. The lowest BCUT2D eigenvalue weighted by atomic mass is 10.0. The van der Waals surface area contributed by atoms with Gasteiger partial charge in [0.25, 0.3) is 0 Å². The van der Waals surface area contributed by atoms with E-state index in [1.807, 2.05) is 42.5 Å². The van der Waals surface area contributed by atoms with Crippen LogP contribution in [0.1, 0.15) is 29.2 Å². The van der Waals surface area contributed by atoms with Gasteiger partial charge in [0.05, 0.1) is 24.8 Å². The van der Waals surface area contributed by atoms with Crippen LogP contribution in [0.2, 0.25) is 0 Å². The van der Waals surface area contributed by atoms with Crippen LogP contribution >= 0.6 is 0 Å². The number of benzene rings is 2. The average molecular weight is 308 g/mol. The molecule has 2 aromatic carbocycles. The zero-order chi connectivity index (χ0) is 16.2. The summed E-state index contributed by atoms with van der Waals surface area (Å²) in [5.74, 6) is 0.829. The molecule has 4 nitrogen and oxygen atoms in total. The fraction of sp³-hybridized carbons (Fsp3) is 0.316. The molecule has 3 rings (SSSR count). The molecule has 1 fully saturated rings. The van der Waals surface area contributed by atoms with Crippen LogP contribution in [0.5, 0.6) is 5.75 Å². The van der Waals surface area contributed by atoms with Crippen molar-refractivity contribution in [1.29, 1.82) is 5.26 Å². The second kappa shape index (κ2) is 6.82. The van der Waals surface area contributed by atoms with Gasteiger partial charge in [0.1, 0.15) is 5.75 Å². The first kappa shape index (κ1) is 15.5. The highest BCUT2D eigenvalue weighted by atomic mass is 16.5. The molecule has 0 saturated carbocycles. The van der Waals surface area contributed by atoms with Crippen LogP contribution in [0.3, 0.4) is 0 Å². The zero-order valence-electron chi connectivity index (χ0n) is 13.1. The quantitative estimate of drug-likeness (QED) is 0.943. The Labute approximate surface area is 136 Å². The van der Waals surface area contributed by atoms with Crippen LogP contribution in [0.25, 0.3) is 0 Å². The minimum atomic E-state index is -0.328. The molecular weight excluding hydrogens is 288 g/mol. The number of aliphatic hydroxyl groups excluding tert-OH is 1. The molecule has 0 unspecified atom stereocenters. The predicted octanol–water partition coefficient (Wildman–Crippen LogP) is 2.87. The van der Waals surface area contributed by atoms with E-state index in [0.29, 0.717) is 25.1 Å². The van der Waals surface area contributed by atoms with Gasteiger partial charge in [-0.3, -0.25) is 4.90 Å². The topological polar surface area (TPSA) is 56.5 Å². The molecule has 0 aliphatic carbocycles. The third-order valence-corrected chi connectivity index (χ3v) is 4.30. The molecule has 1 heterocycles. The first-order valence-corrected chi connectivity index (χ1v) is 7.74. The number of hydrogen-bond donors (Lipinski definition) is 1. The lowest BCUT2D eigenvalue weighted by molar-refractivity contribution is 0.172. The maximum Gasteiger partial charge on any atom is 0.119 e. The van der Waals surface area contributed by atoms with Crippen molar-refractivity contribution in [2.75, 3.05) is 13.7 Å². The fourth-order valence-corrected chi connectivity index (χ4v) is 3.22. The Morgan fingerprint density at radius 1 is 1.26 bits per heavy atom. The molecule has 1 aliphatic rings. The van der Waals surface area contributed by atoms with Crippen molar-refractivity contribution in [2.45, 2.75) is 25.1 Å². The van der Waals surface area contributed by atoms with E-state index >= 15 is 0 Å². The molecule has 0 radical (unpaired) electrons. The van der Waals surface area contributed by atoms with Crippen molar-refractivity contribution < 1.29 is 9.84 Å². The maximum atomic E-state index is 10.1. The summed E-state index contributed by atoms with van der Waals surface area (Å²) in [6.07, 6.45) is 0.385. The Bertz CT molecular complexity index is 723. The maximum absolute atomic E-state index is 10.1. The number of rotatable bonds is 4. The molecule has 4 heteroatoms. The third-order valence-electron chi connectivity index (χ3n) is 4.30. The van der Waals surface area contributed by atoms with E-state index < -0.39 is 0 Å². The van der Waals surface area contributed by atoms with E-state index in [9.17, 15) is 5.11 Å². The van der Waals surface area contributed by atoms with Crippen molar-refractivity contribution >= 4 is 0 Å². The monoisotopic (exact) mass is 308 g/mol. The molecule has 1 aliphatic heterocycles. The SMILES string of the molecule is COc1cccc([C@@H]2C[C@@H](O)CN2Cc2cccc(C#N)c2)c1. The van der Waals surface area contributed by atoms with Crippen LogP contribution in [0.4, 0.5) is 0 Å². The smallest absolute Gasteiger partial charge is 0.119 e. The van der Waals surface area contributed by atoms with Crippen molar-refractivity contribution in [3.05, 3.63) is 65.2 Å². The molecule has 2 atom stereocenters. The van der Waals surface area contributed by atoms with Crippen LogP contribution in [-0.2, 0) is 6.54 Å². The van der Waals surface area contributed by atoms with Crippen molar-refractivity contribution in [3.8, 4) is 11.8 Å². The Balaban J connectivity index is 1.83. The van der Waals surface area contributed by atoms with Crippen molar-refractivity contribution in [3.63, 3.8) is 0 Å². The van der Waals surface area contributed by atoms with Gasteiger partial charge in [-0.1, -0.05) is 24.3 Å². The summed E-state index contributed by atoms with van der Waals surface area (Å²) in [7, 11) is 1.66. The minimum absolute atomic E-state index is 0.158. The summed E-state index contributed by atoms with van der Waals surface area (Å²) in [4.78, 5) is 2.26. The van der Waals surface area contributed by atoms with Gasteiger partial charge >= 0.3 is 0 Å². The predicted molar refractivity (Wildman–Crippen MR) is 87.9 cm³/mol. The summed E-state index contributed by atoms with van der Waals surface area (Å²) < 4.78 is 5.31. The van der Waals surface area contributed by atoms with Crippen LogP contribution in [0.15, 0.2) is 48.5 Å². The first-order chi connectivity index (χ1) is 11.2. The Morgan fingerprint density at radius 3 is 2.87 bits per heavy atom. The summed E-state index contributed by atoms with van der Waals surface area (Å²) >= 11 is 0. The Kier molecular flexibility index (Phi) is 4.61. The van der Waals surface area contributed by atoms with Crippen molar-refractivity contribution in [1.82, 2.24) is 4.90 Å². The van der Waals surface area contributed by atoms with E-state index in [2.05, 4.69) is 17.0 Å². The first-order valence-electron chi connectivity index (χ1n) is 7.74. The van der Waals surface area contributed by atoms with Gasteiger partial charge in [-0.15, -0.1) is 0 Å². The number of hydrogen-bond acceptors (Lipinski definition) is 4. The normalized spacial score (nSPS) is 21.1. The van der Waals surface area contributed by atoms with Crippen LogP contribution in [-0.4, -0.2) is 29.8 Å². The molecule has 0 amide bonds. The van der Waals surface area contributed by atoms with Gasteiger partial charge in [-0.2, -0.15) is 5.26 Å². The molecule has 0 spiro atoms. The molecular formula is C19H20N2O2. The van der Waals surface area contributed by atoms with E-state index in [0.717, 1.165) is 16.9 Å². The number of aliphatic hydroxyl groups is 1. The minimum Gasteiger partial charge on any atom is -0.497 e. The van der Waals surface area contributed by atoms with Crippen LogP contribution < -0.4 is 4.74 Å². The highest BCUT2D eigenvalue weighted by Gasteiger charge is 2.32. The number of nitriles is 1. The van der Waals surface area contributed by atoms with E-state index in [4.69, 9.17) is 10.00 Å². The summed E-state index contributed by atoms with van der Waals surface area (Å²) in [5, 5.41) is 19.1. The Hall–Kier alpha value is -2.35. The zero-order valence-corrected chi connectivity index (χ0v) is 13.1. The van der Waals surface area contributed by atoms with E-state index in [1.165, 1.54) is 0 Å². The molecule has 2 aromatic rings. The van der Waals surface area contributed by atoms with Gasteiger partial charge < -0.3 is 9.84 Å². The molecule has 0 aromatic heterocycles. The van der Waals surface area contributed by atoms with E-state index in [-0.39, 0.29) is 12.1 Å². The standard InChI is InChI=1S/C19H20N2O2/c1-23-18-7-3-6-16(9-18)19-10-17(22)13-21(19)12-15-5-2-4-14(8-15)11-20/h2-9,17,19,22H,10,12-13H2,1H3/t17-,19+/m1/s1. The molecule has 118 valence electrons. The lowest BCUT2D eigenvalue weighted by Crippen LogP contribution is -2.24. The molecule has 0 bridgehead atoms. The molecule has 1 saturated heterocycles. The van der Waals surface area contributed by atoms with Gasteiger partial charge in [0.15, 0.2) is 0 Å². The molecule has 1 N–H and O–H groups in total. The van der Waals surface area contributed by atoms with Crippen LogP contribution in [0, 0.1) is 11.3 Å². The molecule has 23 heavy (non-hydrogen) atoms.